The summed E-state index contributed by atoms with van der Waals surface area (Å²) in [5, 5.41) is 2.37. The molecule has 2 heterocycles. The second-order valence-electron chi connectivity index (χ2n) is 5.22. The Morgan fingerprint density at radius 2 is 1.88 bits per heavy atom. The van der Waals surface area contributed by atoms with E-state index in [1.807, 2.05) is 0 Å². The van der Waals surface area contributed by atoms with E-state index in [-0.39, 0.29) is 23.3 Å². The molecule has 9 heteroatoms. The first-order chi connectivity index (χ1) is 11.2. The second kappa shape index (κ2) is 5.75. The van der Waals surface area contributed by atoms with Crippen LogP contribution in [0.15, 0.2) is 22.4 Å². The van der Waals surface area contributed by atoms with E-state index in [0.717, 1.165) is 23.4 Å². The number of cyclic esters (lactones) is 1. The summed E-state index contributed by atoms with van der Waals surface area (Å²) >= 11 is 1.32. The van der Waals surface area contributed by atoms with E-state index in [2.05, 4.69) is 4.98 Å². The van der Waals surface area contributed by atoms with Crippen LogP contribution in [0, 0.1) is 18.6 Å². The number of carbonyl (C=O) groups is 1. The number of aryl methyl sites for hydroxylation is 1. The number of hydrogen-bond donors (Lipinski definition) is 0. The van der Waals surface area contributed by atoms with Gasteiger partial charge >= 0.3 is 5.97 Å². The number of hydrogen-bond acceptors (Lipinski definition) is 6. The molecule has 1 aromatic heterocycles. The Hall–Kier alpha value is -2.13. The van der Waals surface area contributed by atoms with E-state index in [1.165, 1.54) is 11.3 Å². The highest BCUT2D eigenvalue weighted by Gasteiger charge is 2.30. The minimum Gasteiger partial charge on any atom is -0.457 e. The largest absolute Gasteiger partial charge is 0.457 e. The lowest BCUT2D eigenvalue weighted by Crippen LogP contribution is -2.06. The van der Waals surface area contributed by atoms with Crippen molar-refractivity contribution in [2.24, 2.45) is 0 Å². The molecule has 126 valence electrons. The molecule has 0 spiro atoms. The lowest BCUT2D eigenvalue weighted by molar-refractivity contribution is -0.133. The van der Waals surface area contributed by atoms with Crippen molar-refractivity contribution in [2.45, 2.75) is 11.8 Å². The minimum atomic E-state index is -4.05. The van der Waals surface area contributed by atoms with Crippen LogP contribution < -0.4 is 0 Å². The maximum atomic E-state index is 14.1. The summed E-state index contributed by atoms with van der Waals surface area (Å²) in [5.74, 6) is -3.07. The third-order valence-electron chi connectivity index (χ3n) is 3.45. The SMILES string of the molecule is Cc1nc(C2=C(c3cc(F)c(S(C)(=O)=O)c(F)c3)COC2=O)cs1. The normalized spacial score (nSPS) is 15.1. The molecular weight excluding hydrogens is 360 g/mol. The number of sulfone groups is 1. The molecular formula is C15H11F2NO4S2. The van der Waals surface area contributed by atoms with Gasteiger partial charge in [0.1, 0.15) is 23.1 Å². The second-order valence-corrected chi connectivity index (χ2v) is 8.24. The van der Waals surface area contributed by atoms with Gasteiger partial charge in [-0.25, -0.2) is 27.0 Å². The van der Waals surface area contributed by atoms with Gasteiger partial charge < -0.3 is 4.74 Å². The van der Waals surface area contributed by atoms with Crippen LogP contribution in [0.5, 0.6) is 0 Å². The van der Waals surface area contributed by atoms with E-state index >= 15 is 0 Å². The van der Waals surface area contributed by atoms with Gasteiger partial charge in [0.2, 0.25) is 0 Å². The fourth-order valence-corrected chi connectivity index (χ4v) is 3.89. The van der Waals surface area contributed by atoms with Crippen molar-refractivity contribution in [3.63, 3.8) is 0 Å². The van der Waals surface area contributed by atoms with Gasteiger partial charge in [0.15, 0.2) is 9.84 Å². The molecule has 0 N–H and O–H groups in total. The highest BCUT2D eigenvalue weighted by Crippen LogP contribution is 2.35. The molecule has 0 atom stereocenters. The number of halogens is 2. The molecule has 2 aromatic rings. The first kappa shape index (κ1) is 16.7. The van der Waals surface area contributed by atoms with E-state index in [1.54, 1.807) is 12.3 Å². The van der Waals surface area contributed by atoms with Crippen molar-refractivity contribution in [3.8, 4) is 0 Å². The molecule has 0 unspecified atom stereocenters. The van der Waals surface area contributed by atoms with Crippen molar-refractivity contribution < 1.29 is 26.7 Å². The Morgan fingerprint density at radius 3 is 2.38 bits per heavy atom. The van der Waals surface area contributed by atoms with E-state index < -0.39 is 32.3 Å². The summed E-state index contributed by atoms with van der Waals surface area (Å²) in [6, 6.07) is 1.77. The Bertz CT molecular complexity index is 970. The van der Waals surface area contributed by atoms with E-state index in [9.17, 15) is 22.0 Å². The van der Waals surface area contributed by atoms with Crippen molar-refractivity contribution in [1.29, 1.82) is 0 Å². The van der Waals surface area contributed by atoms with Gasteiger partial charge in [-0.1, -0.05) is 0 Å². The predicted molar refractivity (Wildman–Crippen MR) is 84.1 cm³/mol. The lowest BCUT2D eigenvalue weighted by atomic mass is 10.0. The molecule has 1 aliphatic rings. The minimum absolute atomic E-state index is 0.0453. The zero-order chi connectivity index (χ0) is 17.6. The van der Waals surface area contributed by atoms with Crippen LogP contribution in [0.3, 0.4) is 0 Å². The van der Waals surface area contributed by atoms with Gasteiger partial charge in [0.05, 0.1) is 16.3 Å². The van der Waals surface area contributed by atoms with E-state index in [0.29, 0.717) is 5.69 Å². The topological polar surface area (TPSA) is 73.3 Å². The molecule has 0 amide bonds. The molecule has 1 aromatic carbocycles. The standard InChI is InChI=1S/C15H11F2NO4S2/c1-7-18-12(6-23-7)13-9(5-22-15(13)19)8-3-10(16)14(11(17)4-8)24(2,20)21/h3-4,6H,5H2,1-2H3. The number of rotatable bonds is 3. The Balaban J connectivity index is 2.21. The fourth-order valence-electron chi connectivity index (χ4n) is 2.46. The van der Waals surface area contributed by atoms with Crippen LogP contribution in [-0.2, 0) is 19.4 Å². The maximum absolute atomic E-state index is 14.1. The van der Waals surface area contributed by atoms with Gasteiger partial charge in [-0.3, -0.25) is 0 Å². The number of benzene rings is 1. The van der Waals surface area contributed by atoms with Gasteiger partial charge in [0, 0.05) is 17.2 Å². The van der Waals surface area contributed by atoms with Crippen LogP contribution >= 0.6 is 11.3 Å². The summed E-state index contributed by atoms with van der Waals surface area (Å²) in [7, 11) is -4.05. The smallest absolute Gasteiger partial charge is 0.341 e. The van der Waals surface area contributed by atoms with E-state index in [4.69, 9.17) is 4.74 Å². The summed E-state index contributed by atoms with van der Waals surface area (Å²) in [4.78, 5) is 15.2. The summed E-state index contributed by atoms with van der Waals surface area (Å²) < 4.78 is 56.1. The van der Waals surface area contributed by atoms with Crippen LogP contribution in [0.2, 0.25) is 0 Å². The molecule has 0 saturated heterocycles. The Labute approximate surface area is 140 Å². The van der Waals surface area contributed by atoms with Crippen molar-refractivity contribution in [2.75, 3.05) is 12.9 Å². The molecule has 1 aliphatic heterocycles. The summed E-state index contributed by atoms with van der Waals surface area (Å²) in [5.41, 5.74) is 0.806. The summed E-state index contributed by atoms with van der Waals surface area (Å²) in [6.45, 7) is 1.59. The summed E-state index contributed by atoms with van der Waals surface area (Å²) in [6.07, 6.45) is 0.721. The number of esters is 1. The molecule has 0 fully saturated rings. The highest BCUT2D eigenvalue weighted by atomic mass is 32.2. The molecule has 0 aliphatic carbocycles. The number of nitrogens with zero attached hydrogens (tertiary/aromatic N) is 1. The van der Waals surface area contributed by atoms with Gasteiger partial charge in [-0.05, 0) is 24.6 Å². The third kappa shape index (κ3) is 2.84. The number of thiazole rings is 1. The van der Waals surface area contributed by atoms with Crippen LogP contribution in [0.4, 0.5) is 8.78 Å². The van der Waals surface area contributed by atoms with Crippen molar-refractivity contribution in [1.82, 2.24) is 4.98 Å². The molecule has 24 heavy (non-hydrogen) atoms. The zero-order valence-electron chi connectivity index (χ0n) is 12.6. The highest BCUT2D eigenvalue weighted by molar-refractivity contribution is 7.90. The maximum Gasteiger partial charge on any atom is 0.341 e. The number of ether oxygens (including phenoxy) is 1. The third-order valence-corrected chi connectivity index (χ3v) is 5.35. The molecule has 3 rings (SSSR count). The average Bonchev–Trinajstić information content (AvgIpc) is 3.02. The van der Waals surface area contributed by atoms with Gasteiger partial charge in [-0.2, -0.15) is 0 Å². The zero-order valence-corrected chi connectivity index (χ0v) is 14.2. The van der Waals surface area contributed by atoms with Crippen molar-refractivity contribution in [3.05, 3.63) is 45.4 Å². The molecule has 0 bridgehead atoms. The first-order valence-corrected chi connectivity index (χ1v) is 9.48. The van der Waals surface area contributed by atoms with Crippen molar-refractivity contribution >= 4 is 38.3 Å². The number of aromatic nitrogens is 1. The molecule has 0 saturated carbocycles. The van der Waals surface area contributed by atoms with Crippen LogP contribution in [0.25, 0.3) is 11.1 Å². The average molecular weight is 371 g/mol. The Kier molecular flexibility index (Phi) is 4.00. The number of carbonyl (C=O) groups excluding carboxylic acids is 1. The van der Waals surface area contributed by atoms with Gasteiger partial charge in [-0.15, -0.1) is 11.3 Å². The lowest BCUT2D eigenvalue weighted by Gasteiger charge is -2.07. The van der Waals surface area contributed by atoms with Crippen LogP contribution in [0.1, 0.15) is 16.3 Å². The van der Waals surface area contributed by atoms with Crippen LogP contribution in [-0.4, -0.2) is 32.2 Å². The molecule has 0 radical (unpaired) electrons. The Morgan fingerprint density at radius 1 is 1.25 bits per heavy atom. The monoisotopic (exact) mass is 371 g/mol. The molecule has 5 nitrogen and oxygen atoms in total. The van der Waals surface area contributed by atoms with Gasteiger partial charge in [0.25, 0.3) is 0 Å². The predicted octanol–water partition coefficient (Wildman–Crippen LogP) is 2.60. The fraction of sp³-hybridized carbons (Fsp3) is 0.200. The quantitative estimate of drug-likeness (QED) is 0.776. The first-order valence-electron chi connectivity index (χ1n) is 6.70.